The highest BCUT2D eigenvalue weighted by Gasteiger charge is 2.23. The number of aromatic amines is 1. The van der Waals surface area contributed by atoms with Gasteiger partial charge in [-0.25, -0.2) is 0 Å². The van der Waals surface area contributed by atoms with Crippen molar-refractivity contribution in [2.75, 3.05) is 26.2 Å². The molecule has 3 N–H and O–H groups in total. The number of aryl methyl sites for hydroxylation is 1. The van der Waals surface area contributed by atoms with Gasteiger partial charge in [-0.1, -0.05) is 48.0 Å². The van der Waals surface area contributed by atoms with E-state index in [0.717, 1.165) is 6.54 Å². The molecule has 0 saturated carbocycles. The molecular weight excluding hydrogens is 294 g/mol. The number of H-pyrrole nitrogens is 1. The van der Waals surface area contributed by atoms with E-state index in [1.807, 2.05) is 0 Å². The quantitative estimate of drug-likeness (QED) is 0.638. The Labute approximate surface area is 143 Å². The maximum Gasteiger partial charge on any atom is 0.127 e. The Bertz CT molecular complexity index is 813. The zero-order valence-corrected chi connectivity index (χ0v) is 14.4. The molecule has 0 spiro atoms. The summed E-state index contributed by atoms with van der Waals surface area (Å²) in [6, 6.07) is 17.6. The van der Waals surface area contributed by atoms with Gasteiger partial charge in [0.05, 0.1) is 0 Å². The average molecular weight is 321 g/mol. The van der Waals surface area contributed by atoms with Crippen molar-refractivity contribution < 1.29 is 9.80 Å². The summed E-state index contributed by atoms with van der Waals surface area (Å²) in [7, 11) is 0. The van der Waals surface area contributed by atoms with Crippen molar-refractivity contribution in [3.8, 4) is 0 Å². The lowest BCUT2D eigenvalue weighted by molar-refractivity contribution is -1.02. The van der Waals surface area contributed by atoms with Crippen molar-refractivity contribution in [3.63, 3.8) is 0 Å². The molecule has 0 atom stereocenters. The fraction of sp³-hybridized carbons (Fsp3) is 0.333. The Morgan fingerprint density at radius 1 is 0.875 bits per heavy atom. The number of nitrogens with one attached hydrogen (secondary N) is 3. The van der Waals surface area contributed by atoms with Crippen molar-refractivity contribution in [2.45, 2.75) is 20.0 Å². The molecule has 0 bridgehead atoms. The van der Waals surface area contributed by atoms with Crippen molar-refractivity contribution in [1.82, 2.24) is 4.98 Å². The van der Waals surface area contributed by atoms with E-state index < -0.39 is 0 Å². The number of hydrogen-bond acceptors (Lipinski definition) is 0. The lowest BCUT2D eigenvalue weighted by atomic mass is 10.1. The second-order valence-electron chi connectivity index (χ2n) is 7.20. The first-order chi connectivity index (χ1) is 11.8. The molecular formula is C21H27N3+2. The zero-order valence-electron chi connectivity index (χ0n) is 14.4. The first-order valence-electron chi connectivity index (χ1n) is 9.05. The van der Waals surface area contributed by atoms with E-state index in [-0.39, 0.29) is 0 Å². The molecule has 1 aliphatic rings. The highest BCUT2D eigenvalue weighted by molar-refractivity contribution is 5.82. The van der Waals surface area contributed by atoms with Crippen LogP contribution >= 0.6 is 0 Å². The highest BCUT2D eigenvalue weighted by atomic mass is 15.3. The van der Waals surface area contributed by atoms with Crippen LogP contribution in [0.4, 0.5) is 0 Å². The maximum absolute atomic E-state index is 3.41. The summed E-state index contributed by atoms with van der Waals surface area (Å²) < 4.78 is 0. The Balaban J connectivity index is 1.34. The van der Waals surface area contributed by atoms with Crippen LogP contribution in [0.15, 0.2) is 54.7 Å². The van der Waals surface area contributed by atoms with Crippen LogP contribution < -0.4 is 9.80 Å². The summed E-state index contributed by atoms with van der Waals surface area (Å²) in [6.07, 6.45) is 2.20. The number of rotatable bonds is 4. The molecule has 3 heteroatoms. The predicted molar refractivity (Wildman–Crippen MR) is 98.3 cm³/mol. The fourth-order valence-corrected chi connectivity index (χ4v) is 3.97. The third-order valence-electron chi connectivity index (χ3n) is 5.32. The van der Waals surface area contributed by atoms with Gasteiger partial charge >= 0.3 is 0 Å². The van der Waals surface area contributed by atoms with Crippen LogP contribution in [0.25, 0.3) is 10.9 Å². The molecule has 1 fully saturated rings. The minimum Gasteiger partial charge on any atom is -0.361 e. The topological polar surface area (TPSA) is 24.7 Å². The molecule has 0 radical (unpaired) electrons. The van der Waals surface area contributed by atoms with Crippen LogP contribution in [0.3, 0.4) is 0 Å². The number of fused-ring (bicyclic) bond motifs is 1. The molecule has 3 nitrogen and oxygen atoms in total. The summed E-state index contributed by atoms with van der Waals surface area (Å²) in [5, 5.41) is 1.39. The number of quaternary nitrogens is 2. The third kappa shape index (κ3) is 3.37. The molecule has 0 unspecified atom stereocenters. The Morgan fingerprint density at radius 2 is 1.62 bits per heavy atom. The van der Waals surface area contributed by atoms with Gasteiger partial charge in [-0.05, 0) is 13.0 Å². The molecule has 0 aliphatic carbocycles. The summed E-state index contributed by atoms with van der Waals surface area (Å²) >= 11 is 0. The molecule has 2 heterocycles. The van der Waals surface area contributed by atoms with E-state index in [2.05, 4.69) is 66.6 Å². The molecule has 124 valence electrons. The van der Waals surface area contributed by atoms with Crippen molar-refractivity contribution in [3.05, 3.63) is 71.4 Å². The van der Waals surface area contributed by atoms with Gasteiger partial charge in [-0.2, -0.15) is 0 Å². The number of para-hydroxylation sites is 1. The van der Waals surface area contributed by atoms with Crippen LogP contribution in [0.1, 0.15) is 16.7 Å². The van der Waals surface area contributed by atoms with Gasteiger partial charge < -0.3 is 14.8 Å². The lowest BCUT2D eigenvalue weighted by Gasteiger charge is -2.29. The van der Waals surface area contributed by atoms with Gasteiger partial charge in [0.1, 0.15) is 39.3 Å². The molecule has 1 saturated heterocycles. The summed E-state index contributed by atoms with van der Waals surface area (Å²) in [5.74, 6) is 0. The predicted octanol–water partition coefficient (Wildman–Crippen LogP) is 0.960. The van der Waals surface area contributed by atoms with Crippen LogP contribution in [0.5, 0.6) is 0 Å². The number of hydrogen-bond donors (Lipinski definition) is 3. The highest BCUT2D eigenvalue weighted by Crippen LogP contribution is 2.16. The summed E-state index contributed by atoms with van der Waals surface area (Å²) in [4.78, 5) is 6.85. The minimum absolute atomic E-state index is 1.14. The van der Waals surface area contributed by atoms with E-state index in [1.54, 1.807) is 9.80 Å². The van der Waals surface area contributed by atoms with E-state index >= 15 is 0 Å². The molecule has 0 amide bonds. The van der Waals surface area contributed by atoms with Crippen LogP contribution in [-0.4, -0.2) is 31.2 Å². The summed E-state index contributed by atoms with van der Waals surface area (Å²) in [5.41, 5.74) is 5.57. The second kappa shape index (κ2) is 6.80. The van der Waals surface area contributed by atoms with Gasteiger partial charge in [0.15, 0.2) is 0 Å². The third-order valence-corrected chi connectivity index (χ3v) is 5.32. The van der Waals surface area contributed by atoms with Gasteiger partial charge in [-0.15, -0.1) is 0 Å². The van der Waals surface area contributed by atoms with E-state index in [9.17, 15) is 0 Å². The number of piperazine rings is 1. The normalized spacial score (nSPS) is 21.2. The van der Waals surface area contributed by atoms with Crippen LogP contribution in [-0.2, 0) is 13.1 Å². The SMILES string of the molecule is Cc1cccc(C[NH+]2CC[NH+](Cc3c[nH]c4ccccc34)CC2)c1. The Kier molecular flexibility index (Phi) is 4.37. The molecule has 1 aromatic heterocycles. The number of benzene rings is 2. The standard InChI is InChI=1S/C21H25N3/c1-17-5-4-6-18(13-17)15-23-9-11-24(12-10-23)16-19-14-22-21-8-3-2-7-20(19)21/h2-8,13-14,22H,9-12,15-16H2,1H3/p+2. The molecule has 1 aliphatic heterocycles. The van der Waals surface area contributed by atoms with Gasteiger partial charge in [-0.3, -0.25) is 0 Å². The van der Waals surface area contributed by atoms with Gasteiger partial charge in [0.25, 0.3) is 0 Å². The molecule has 24 heavy (non-hydrogen) atoms. The first-order valence-corrected chi connectivity index (χ1v) is 9.05. The average Bonchev–Trinajstić information content (AvgIpc) is 3.00. The Hall–Kier alpha value is -2.10. The van der Waals surface area contributed by atoms with E-state index in [1.165, 1.54) is 60.3 Å². The fourth-order valence-electron chi connectivity index (χ4n) is 3.97. The summed E-state index contributed by atoms with van der Waals surface area (Å²) in [6.45, 7) is 9.56. The van der Waals surface area contributed by atoms with E-state index in [0.29, 0.717) is 0 Å². The van der Waals surface area contributed by atoms with Gasteiger partial charge in [0.2, 0.25) is 0 Å². The first kappa shape index (κ1) is 15.4. The molecule has 2 aromatic carbocycles. The largest absolute Gasteiger partial charge is 0.361 e. The van der Waals surface area contributed by atoms with E-state index in [4.69, 9.17) is 0 Å². The van der Waals surface area contributed by atoms with Crippen LogP contribution in [0.2, 0.25) is 0 Å². The second-order valence-corrected chi connectivity index (χ2v) is 7.20. The smallest absolute Gasteiger partial charge is 0.127 e. The maximum atomic E-state index is 3.41. The Morgan fingerprint density at radius 3 is 2.42 bits per heavy atom. The number of aromatic nitrogens is 1. The lowest BCUT2D eigenvalue weighted by Crippen LogP contribution is -3.27. The van der Waals surface area contributed by atoms with Crippen molar-refractivity contribution >= 4 is 10.9 Å². The monoisotopic (exact) mass is 321 g/mol. The molecule has 4 rings (SSSR count). The molecule has 3 aromatic rings. The van der Waals surface area contributed by atoms with Crippen LogP contribution in [0, 0.1) is 6.92 Å². The minimum atomic E-state index is 1.14. The zero-order chi connectivity index (χ0) is 16.4. The van der Waals surface area contributed by atoms with Crippen molar-refractivity contribution in [2.24, 2.45) is 0 Å². The van der Waals surface area contributed by atoms with Gasteiger partial charge in [0, 0.05) is 28.2 Å². The van der Waals surface area contributed by atoms with Crippen molar-refractivity contribution in [1.29, 1.82) is 0 Å².